The molecular weight excluding hydrogens is 162 g/mol. The molecule has 1 atom stereocenters. The van der Waals surface area contributed by atoms with E-state index in [0.717, 1.165) is 31.8 Å². The normalized spacial score (nSPS) is 23.9. The largest absolute Gasteiger partial charge is 0.316 e. The predicted octanol–water partition coefficient (Wildman–Crippen LogP) is 1.99. The molecule has 1 rings (SSSR count). The first kappa shape index (κ1) is 10.7. The molecule has 0 aromatic carbocycles. The van der Waals surface area contributed by atoms with E-state index in [9.17, 15) is 4.79 Å². The summed E-state index contributed by atoms with van der Waals surface area (Å²) in [4.78, 5) is 11.4. The molecule has 2 heteroatoms. The van der Waals surface area contributed by atoms with Crippen molar-refractivity contribution in [1.29, 1.82) is 0 Å². The summed E-state index contributed by atoms with van der Waals surface area (Å²) in [5.41, 5.74) is 0. The lowest BCUT2D eigenvalue weighted by atomic mass is 9.91. The van der Waals surface area contributed by atoms with Crippen LogP contribution in [0.4, 0.5) is 0 Å². The van der Waals surface area contributed by atoms with Crippen molar-refractivity contribution >= 4 is 5.78 Å². The van der Waals surface area contributed by atoms with Gasteiger partial charge in [-0.05, 0) is 12.3 Å². The Hall–Kier alpha value is -0.370. The van der Waals surface area contributed by atoms with E-state index in [1.165, 1.54) is 12.8 Å². The molecule has 0 aromatic rings. The number of hydrogen-bond acceptors (Lipinski definition) is 2. The van der Waals surface area contributed by atoms with E-state index in [0.29, 0.717) is 11.7 Å². The van der Waals surface area contributed by atoms with E-state index < -0.39 is 0 Å². The van der Waals surface area contributed by atoms with E-state index >= 15 is 0 Å². The number of hydrogen-bond donors (Lipinski definition) is 1. The topological polar surface area (TPSA) is 29.1 Å². The molecule has 0 aromatic heterocycles. The number of carbonyl (C=O) groups excluding carboxylic acids is 1. The van der Waals surface area contributed by atoms with Gasteiger partial charge in [-0.2, -0.15) is 0 Å². The van der Waals surface area contributed by atoms with Gasteiger partial charge in [0, 0.05) is 25.4 Å². The number of nitrogens with one attached hydrogen (secondary N) is 1. The Labute approximate surface area is 81.1 Å². The lowest BCUT2D eigenvalue weighted by Gasteiger charge is -2.21. The van der Waals surface area contributed by atoms with Crippen molar-refractivity contribution in [2.24, 2.45) is 11.8 Å². The summed E-state index contributed by atoms with van der Waals surface area (Å²) in [5, 5.41) is 3.28. The average Bonchev–Trinajstić information content (AvgIpc) is 2.08. The van der Waals surface area contributed by atoms with Gasteiger partial charge < -0.3 is 5.32 Å². The molecule has 0 amide bonds. The molecule has 2 nitrogen and oxygen atoms in total. The Balaban J connectivity index is 2.15. The fourth-order valence-electron chi connectivity index (χ4n) is 1.84. The number of rotatable bonds is 4. The number of piperidine rings is 1. The van der Waals surface area contributed by atoms with Crippen LogP contribution in [0, 0.1) is 11.8 Å². The summed E-state index contributed by atoms with van der Waals surface area (Å²) in [5.74, 6) is 1.56. The Kier molecular flexibility index (Phi) is 4.43. The van der Waals surface area contributed by atoms with Crippen molar-refractivity contribution in [2.75, 3.05) is 13.1 Å². The summed E-state index contributed by atoms with van der Waals surface area (Å²) >= 11 is 0. The fourth-order valence-corrected chi connectivity index (χ4v) is 1.84. The highest BCUT2D eigenvalue weighted by atomic mass is 16.1. The second-order valence-corrected chi connectivity index (χ2v) is 4.44. The lowest BCUT2D eigenvalue weighted by Crippen LogP contribution is -2.36. The van der Waals surface area contributed by atoms with Crippen LogP contribution in [0.2, 0.25) is 0 Å². The highest BCUT2D eigenvalue weighted by molar-refractivity contribution is 5.82. The molecule has 0 bridgehead atoms. The third kappa shape index (κ3) is 3.90. The number of carbonyl (C=O) groups is 1. The smallest absolute Gasteiger partial charge is 0.138 e. The van der Waals surface area contributed by atoms with E-state index in [2.05, 4.69) is 19.2 Å². The summed E-state index contributed by atoms with van der Waals surface area (Å²) < 4.78 is 0. The van der Waals surface area contributed by atoms with Gasteiger partial charge in [0.1, 0.15) is 5.78 Å². The zero-order valence-corrected chi connectivity index (χ0v) is 8.81. The summed E-state index contributed by atoms with van der Waals surface area (Å²) in [6, 6.07) is 0. The van der Waals surface area contributed by atoms with Crippen molar-refractivity contribution in [3.63, 3.8) is 0 Å². The van der Waals surface area contributed by atoms with Gasteiger partial charge in [-0.3, -0.25) is 4.79 Å². The Morgan fingerprint density at radius 1 is 1.54 bits per heavy atom. The maximum Gasteiger partial charge on any atom is 0.138 e. The van der Waals surface area contributed by atoms with Crippen LogP contribution in [0.15, 0.2) is 0 Å². The van der Waals surface area contributed by atoms with Gasteiger partial charge in [0.25, 0.3) is 0 Å². The van der Waals surface area contributed by atoms with Crippen LogP contribution in [0.1, 0.15) is 39.5 Å². The van der Waals surface area contributed by atoms with Crippen LogP contribution >= 0.6 is 0 Å². The second-order valence-electron chi connectivity index (χ2n) is 4.44. The van der Waals surface area contributed by atoms with Gasteiger partial charge in [0.15, 0.2) is 0 Å². The van der Waals surface area contributed by atoms with Crippen LogP contribution in [0.5, 0.6) is 0 Å². The minimum absolute atomic E-state index is 0.312. The standard InChI is InChI=1S/C11H21NO/c1-9(2)4-3-5-10-8-12-7-6-11(10)13/h9-10,12H,3-8H2,1-2H3. The summed E-state index contributed by atoms with van der Waals surface area (Å²) in [6.45, 7) is 6.28. The maximum absolute atomic E-state index is 11.4. The van der Waals surface area contributed by atoms with E-state index in [1.54, 1.807) is 0 Å². The zero-order valence-electron chi connectivity index (χ0n) is 8.81. The molecule has 1 heterocycles. The van der Waals surface area contributed by atoms with Crippen molar-refractivity contribution < 1.29 is 4.79 Å². The molecule has 13 heavy (non-hydrogen) atoms. The Bertz CT molecular complexity index is 165. The third-order valence-corrected chi connectivity index (χ3v) is 2.73. The first-order valence-corrected chi connectivity index (χ1v) is 5.43. The monoisotopic (exact) mass is 183 g/mol. The molecule has 0 aliphatic carbocycles. The molecule has 1 saturated heterocycles. The van der Waals surface area contributed by atoms with Gasteiger partial charge in [0.05, 0.1) is 0 Å². The summed E-state index contributed by atoms with van der Waals surface area (Å²) in [7, 11) is 0. The lowest BCUT2D eigenvalue weighted by molar-refractivity contribution is -0.124. The van der Waals surface area contributed by atoms with E-state index in [1.807, 2.05) is 0 Å². The van der Waals surface area contributed by atoms with Crippen molar-refractivity contribution in [3.05, 3.63) is 0 Å². The first-order chi connectivity index (χ1) is 6.20. The van der Waals surface area contributed by atoms with Crippen LogP contribution in [-0.2, 0) is 4.79 Å². The Morgan fingerprint density at radius 3 is 2.92 bits per heavy atom. The molecule has 0 saturated carbocycles. The van der Waals surface area contributed by atoms with Crippen molar-refractivity contribution in [1.82, 2.24) is 5.32 Å². The molecule has 0 radical (unpaired) electrons. The van der Waals surface area contributed by atoms with Gasteiger partial charge in [-0.25, -0.2) is 0 Å². The first-order valence-electron chi connectivity index (χ1n) is 5.43. The van der Waals surface area contributed by atoms with Crippen LogP contribution < -0.4 is 5.32 Å². The van der Waals surface area contributed by atoms with Crippen LogP contribution in [0.25, 0.3) is 0 Å². The van der Waals surface area contributed by atoms with E-state index in [4.69, 9.17) is 0 Å². The SMILES string of the molecule is CC(C)CCCC1CNCCC1=O. The third-order valence-electron chi connectivity index (χ3n) is 2.73. The maximum atomic E-state index is 11.4. The molecule has 1 N–H and O–H groups in total. The summed E-state index contributed by atoms with van der Waals surface area (Å²) in [6.07, 6.45) is 4.29. The highest BCUT2D eigenvalue weighted by Gasteiger charge is 2.20. The van der Waals surface area contributed by atoms with Gasteiger partial charge in [-0.1, -0.05) is 26.7 Å². The number of Topliss-reactive ketones (excluding diaryl/α,β-unsaturated/α-hetero) is 1. The van der Waals surface area contributed by atoms with Crippen molar-refractivity contribution in [3.8, 4) is 0 Å². The number of ketones is 1. The van der Waals surface area contributed by atoms with E-state index in [-0.39, 0.29) is 0 Å². The van der Waals surface area contributed by atoms with Gasteiger partial charge in [-0.15, -0.1) is 0 Å². The molecule has 1 aliphatic rings. The predicted molar refractivity (Wildman–Crippen MR) is 54.7 cm³/mol. The Morgan fingerprint density at radius 2 is 2.31 bits per heavy atom. The molecule has 1 fully saturated rings. The average molecular weight is 183 g/mol. The molecule has 1 aliphatic heterocycles. The second kappa shape index (κ2) is 5.38. The minimum Gasteiger partial charge on any atom is -0.316 e. The van der Waals surface area contributed by atoms with Gasteiger partial charge in [0.2, 0.25) is 0 Å². The molecule has 76 valence electrons. The minimum atomic E-state index is 0.312. The van der Waals surface area contributed by atoms with Crippen molar-refractivity contribution in [2.45, 2.75) is 39.5 Å². The van der Waals surface area contributed by atoms with Crippen LogP contribution in [0.3, 0.4) is 0 Å². The van der Waals surface area contributed by atoms with Gasteiger partial charge >= 0.3 is 0 Å². The molecular formula is C11H21NO. The zero-order chi connectivity index (χ0) is 9.68. The highest BCUT2D eigenvalue weighted by Crippen LogP contribution is 2.16. The molecule has 1 unspecified atom stereocenters. The quantitative estimate of drug-likeness (QED) is 0.722. The van der Waals surface area contributed by atoms with Crippen LogP contribution in [-0.4, -0.2) is 18.9 Å². The molecule has 0 spiro atoms. The fraction of sp³-hybridized carbons (Fsp3) is 0.909.